The zero-order valence-corrected chi connectivity index (χ0v) is 13.6. The van der Waals surface area contributed by atoms with Crippen LogP contribution in [0.2, 0.25) is 0 Å². The summed E-state index contributed by atoms with van der Waals surface area (Å²) < 4.78 is 0. The average Bonchev–Trinajstić information content (AvgIpc) is 2.51. The Labute approximate surface area is 130 Å². The van der Waals surface area contributed by atoms with Crippen molar-refractivity contribution < 1.29 is 9.59 Å². The molecule has 1 saturated heterocycles. The monoisotopic (exact) mass is 306 g/mol. The Morgan fingerprint density at radius 1 is 1.29 bits per heavy atom. The first-order valence-corrected chi connectivity index (χ1v) is 8.62. The number of nitrogens with zero attached hydrogens (tertiary/aromatic N) is 1. The lowest BCUT2D eigenvalue weighted by Gasteiger charge is -2.46. The SMILES string of the molecule is CCC1NC(=O)C(C)(c2ccccc2)N(CCSC)C1=O. The third-order valence-corrected chi connectivity index (χ3v) is 4.71. The molecule has 5 heteroatoms. The van der Waals surface area contributed by atoms with Crippen LogP contribution in [0, 0.1) is 0 Å². The van der Waals surface area contributed by atoms with Gasteiger partial charge in [-0.1, -0.05) is 37.3 Å². The minimum absolute atomic E-state index is 0.0116. The molecule has 0 radical (unpaired) electrons. The van der Waals surface area contributed by atoms with Crippen molar-refractivity contribution in [2.75, 3.05) is 18.6 Å². The second-order valence-electron chi connectivity index (χ2n) is 5.36. The van der Waals surface area contributed by atoms with Crippen molar-refractivity contribution in [2.45, 2.75) is 31.8 Å². The molecule has 0 bridgehead atoms. The lowest BCUT2D eigenvalue weighted by Crippen LogP contribution is -2.68. The van der Waals surface area contributed by atoms with E-state index in [1.54, 1.807) is 16.7 Å². The maximum absolute atomic E-state index is 12.7. The smallest absolute Gasteiger partial charge is 0.251 e. The van der Waals surface area contributed by atoms with E-state index in [1.807, 2.05) is 50.4 Å². The van der Waals surface area contributed by atoms with Crippen molar-refractivity contribution in [1.29, 1.82) is 0 Å². The number of nitrogens with one attached hydrogen (secondary N) is 1. The summed E-state index contributed by atoms with van der Waals surface area (Å²) in [6.45, 7) is 4.33. The van der Waals surface area contributed by atoms with Gasteiger partial charge in [0.25, 0.3) is 5.91 Å². The Morgan fingerprint density at radius 2 is 1.95 bits per heavy atom. The molecule has 1 heterocycles. The molecule has 1 aromatic carbocycles. The van der Waals surface area contributed by atoms with Crippen LogP contribution in [0.4, 0.5) is 0 Å². The Hall–Kier alpha value is -1.49. The lowest BCUT2D eigenvalue weighted by molar-refractivity contribution is -0.157. The van der Waals surface area contributed by atoms with E-state index in [0.717, 1.165) is 11.3 Å². The Morgan fingerprint density at radius 3 is 2.52 bits per heavy atom. The minimum atomic E-state index is -0.931. The van der Waals surface area contributed by atoms with E-state index >= 15 is 0 Å². The van der Waals surface area contributed by atoms with Crippen molar-refractivity contribution in [1.82, 2.24) is 10.2 Å². The van der Waals surface area contributed by atoms with Gasteiger partial charge in [-0.2, -0.15) is 11.8 Å². The average molecular weight is 306 g/mol. The molecule has 21 heavy (non-hydrogen) atoms. The van der Waals surface area contributed by atoms with Gasteiger partial charge in [0, 0.05) is 12.3 Å². The Balaban J connectivity index is 2.44. The summed E-state index contributed by atoms with van der Waals surface area (Å²) in [7, 11) is 0. The molecule has 2 unspecified atom stereocenters. The maximum atomic E-state index is 12.7. The van der Waals surface area contributed by atoms with E-state index in [9.17, 15) is 9.59 Å². The van der Waals surface area contributed by atoms with Gasteiger partial charge in [0.15, 0.2) is 0 Å². The fraction of sp³-hybridized carbons (Fsp3) is 0.500. The third kappa shape index (κ3) is 2.79. The highest BCUT2D eigenvalue weighted by molar-refractivity contribution is 7.98. The molecule has 4 nitrogen and oxygen atoms in total. The summed E-state index contributed by atoms with van der Waals surface area (Å²) in [5, 5.41) is 2.87. The van der Waals surface area contributed by atoms with Crippen molar-refractivity contribution >= 4 is 23.6 Å². The lowest BCUT2D eigenvalue weighted by atomic mass is 9.85. The number of hydrogen-bond acceptors (Lipinski definition) is 3. The summed E-state index contributed by atoms with van der Waals surface area (Å²) in [5.41, 5.74) is -0.0776. The van der Waals surface area contributed by atoms with Gasteiger partial charge in [-0.15, -0.1) is 0 Å². The van der Waals surface area contributed by atoms with Crippen LogP contribution in [0.5, 0.6) is 0 Å². The molecule has 0 spiro atoms. The summed E-state index contributed by atoms with van der Waals surface area (Å²) in [4.78, 5) is 27.1. The molecule has 1 fully saturated rings. The summed E-state index contributed by atoms with van der Waals surface area (Å²) in [6, 6.07) is 9.12. The van der Waals surface area contributed by atoms with E-state index in [-0.39, 0.29) is 11.8 Å². The molecule has 1 aliphatic rings. The van der Waals surface area contributed by atoms with Gasteiger partial charge < -0.3 is 10.2 Å². The Kier molecular flexibility index (Phi) is 4.93. The maximum Gasteiger partial charge on any atom is 0.251 e. The zero-order chi connectivity index (χ0) is 15.5. The molecule has 2 atom stereocenters. The van der Waals surface area contributed by atoms with Crippen LogP contribution >= 0.6 is 11.8 Å². The largest absolute Gasteiger partial charge is 0.342 e. The topological polar surface area (TPSA) is 49.4 Å². The highest BCUT2D eigenvalue weighted by Gasteiger charge is 2.49. The zero-order valence-electron chi connectivity index (χ0n) is 12.8. The predicted octanol–water partition coefficient (Wildman–Crippen LogP) is 2.00. The Bertz CT molecular complexity index is 520. The van der Waals surface area contributed by atoms with Gasteiger partial charge in [0.1, 0.15) is 11.6 Å². The molecular formula is C16H22N2O2S. The first-order valence-electron chi connectivity index (χ1n) is 7.22. The van der Waals surface area contributed by atoms with Gasteiger partial charge in [-0.25, -0.2) is 0 Å². The summed E-state index contributed by atoms with van der Waals surface area (Å²) >= 11 is 1.68. The van der Waals surface area contributed by atoms with E-state index in [2.05, 4.69) is 5.32 Å². The highest BCUT2D eigenvalue weighted by atomic mass is 32.2. The predicted molar refractivity (Wildman–Crippen MR) is 86.1 cm³/mol. The van der Waals surface area contributed by atoms with Crippen LogP contribution in [0.25, 0.3) is 0 Å². The van der Waals surface area contributed by atoms with Gasteiger partial charge in [0.2, 0.25) is 5.91 Å². The number of hydrogen-bond donors (Lipinski definition) is 1. The molecule has 114 valence electrons. The van der Waals surface area contributed by atoms with Crippen molar-refractivity contribution in [3.8, 4) is 0 Å². The second kappa shape index (κ2) is 6.52. The second-order valence-corrected chi connectivity index (χ2v) is 6.34. The van der Waals surface area contributed by atoms with Crippen molar-refractivity contribution in [2.24, 2.45) is 0 Å². The number of amides is 2. The fourth-order valence-electron chi connectivity index (χ4n) is 2.73. The van der Waals surface area contributed by atoms with Gasteiger partial charge >= 0.3 is 0 Å². The number of carbonyl (C=O) groups excluding carboxylic acids is 2. The standard InChI is InChI=1S/C16H22N2O2S/c1-4-13-14(19)18(10-11-21-3)16(2,15(20)17-13)12-8-6-5-7-9-12/h5-9,13H,4,10-11H2,1-3H3,(H,17,20). The highest BCUT2D eigenvalue weighted by Crippen LogP contribution is 2.32. The number of carbonyl (C=O) groups is 2. The molecule has 0 aliphatic carbocycles. The molecule has 1 N–H and O–H groups in total. The van der Waals surface area contributed by atoms with Crippen LogP contribution in [-0.2, 0) is 15.1 Å². The van der Waals surface area contributed by atoms with E-state index in [0.29, 0.717) is 13.0 Å². The van der Waals surface area contributed by atoms with E-state index in [4.69, 9.17) is 0 Å². The van der Waals surface area contributed by atoms with E-state index < -0.39 is 11.6 Å². The number of benzene rings is 1. The number of piperazine rings is 1. The fourth-order valence-corrected chi connectivity index (χ4v) is 3.10. The quantitative estimate of drug-likeness (QED) is 0.905. The molecule has 0 aromatic heterocycles. The molecule has 0 saturated carbocycles. The van der Waals surface area contributed by atoms with Crippen LogP contribution < -0.4 is 5.32 Å². The molecular weight excluding hydrogens is 284 g/mol. The first kappa shape index (κ1) is 15.9. The molecule has 1 aromatic rings. The van der Waals surface area contributed by atoms with Crippen LogP contribution in [0.3, 0.4) is 0 Å². The van der Waals surface area contributed by atoms with Gasteiger partial charge in [0.05, 0.1) is 0 Å². The van der Waals surface area contributed by atoms with Gasteiger partial charge in [-0.3, -0.25) is 9.59 Å². The number of rotatable bonds is 5. The van der Waals surface area contributed by atoms with Crippen LogP contribution in [0.15, 0.2) is 30.3 Å². The third-order valence-electron chi connectivity index (χ3n) is 4.11. The van der Waals surface area contributed by atoms with Crippen LogP contribution in [-0.4, -0.2) is 41.3 Å². The van der Waals surface area contributed by atoms with E-state index in [1.165, 1.54) is 0 Å². The molecule has 2 rings (SSSR count). The van der Waals surface area contributed by atoms with Crippen molar-refractivity contribution in [3.05, 3.63) is 35.9 Å². The summed E-state index contributed by atoms with van der Waals surface area (Å²) in [5.74, 6) is 0.733. The van der Waals surface area contributed by atoms with Gasteiger partial charge in [-0.05, 0) is 25.2 Å². The molecule has 2 amide bonds. The first-order chi connectivity index (χ1) is 10.1. The summed E-state index contributed by atoms with van der Waals surface area (Å²) in [6.07, 6.45) is 2.62. The molecule has 1 aliphatic heterocycles. The minimum Gasteiger partial charge on any atom is -0.342 e. The normalized spacial score (nSPS) is 25.9. The number of thioether (sulfide) groups is 1. The van der Waals surface area contributed by atoms with Crippen molar-refractivity contribution in [3.63, 3.8) is 0 Å². The van der Waals surface area contributed by atoms with Crippen LogP contribution in [0.1, 0.15) is 25.8 Å².